The first-order chi connectivity index (χ1) is 30.2. The van der Waals surface area contributed by atoms with E-state index in [0.717, 1.165) is 50.3 Å². The van der Waals surface area contributed by atoms with Gasteiger partial charge in [0.05, 0.1) is 11.0 Å². The predicted molar refractivity (Wildman–Crippen MR) is 256 cm³/mol. The van der Waals surface area contributed by atoms with Crippen molar-refractivity contribution in [3.63, 3.8) is 0 Å². The lowest BCUT2D eigenvalue weighted by molar-refractivity contribution is 0.669. The molecule has 0 spiro atoms. The van der Waals surface area contributed by atoms with Crippen molar-refractivity contribution in [2.75, 3.05) is 4.90 Å². The zero-order valence-corrected chi connectivity index (χ0v) is 33.1. The molecule has 0 bridgehead atoms. The van der Waals surface area contributed by atoms with Gasteiger partial charge in [-0.1, -0.05) is 146 Å². The Kier molecular flexibility index (Phi) is 7.31. The monoisotopic (exact) mass is 776 g/mol. The molecule has 0 aliphatic heterocycles. The molecule has 0 saturated carbocycles. The molecule has 2 heterocycles. The fourth-order valence-corrected chi connectivity index (χ4v) is 10.0. The van der Waals surface area contributed by atoms with Gasteiger partial charge < -0.3 is 13.9 Å². The van der Waals surface area contributed by atoms with E-state index in [9.17, 15) is 0 Å². The number of benzene rings is 10. The van der Waals surface area contributed by atoms with Gasteiger partial charge in [-0.05, 0) is 128 Å². The van der Waals surface area contributed by atoms with Gasteiger partial charge in [0.1, 0.15) is 11.2 Å². The van der Waals surface area contributed by atoms with E-state index in [1.54, 1.807) is 0 Å². The van der Waals surface area contributed by atoms with Crippen molar-refractivity contribution in [3.8, 4) is 50.2 Å². The quantitative estimate of drug-likeness (QED) is 0.168. The van der Waals surface area contributed by atoms with Gasteiger partial charge >= 0.3 is 0 Å². The molecule has 1 aliphatic carbocycles. The first-order valence-corrected chi connectivity index (χ1v) is 20.9. The Morgan fingerprint density at radius 2 is 0.951 bits per heavy atom. The maximum atomic E-state index is 6.31. The third-order valence-electron chi connectivity index (χ3n) is 12.7. The molecule has 61 heavy (non-hydrogen) atoms. The van der Waals surface area contributed by atoms with Gasteiger partial charge in [0.25, 0.3) is 0 Å². The average molecular weight is 777 g/mol. The first-order valence-electron chi connectivity index (χ1n) is 20.9. The van der Waals surface area contributed by atoms with Crippen molar-refractivity contribution in [2.45, 2.75) is 0 Å². The molecule has 0 atom stereocenters. The Morgan fingerprint density at radius 3 is 1.74 bits per heavy atom. The van der Waals surface area contributed by atoms with Crippen LogP contribution in [0.1, 0.15) is 0 Å². The predicted octanol–water partition coefficient (Wildman–Crippen LogP) is 16.3. The molecule has 3 heteroatoms. The van der Waals surface area contributed by atoms with Crippen molar-refractivity contribution < 1.29 is 4.42 Å². The second-order valence-electron chi connectivity index (χ2n) is 16.1. The molecule has 0 N–H and O–H groups in total. The molecule has 284 valence electrons. The summed E-state index contributed by atoms with van der Waals surface area (Å²) in [5, 5.41) is 7.28. The zero-order valence-electron chi connectivity index (χ0n) is 33.1. The third kappa shape index (κ3) is 5.17. The van der Waals surface area contributed by atoms with Crippen LogP contribution in [0.2, 0.25) is 0 Å². The van der Waals surface area contributed by atoms with Crippen LogP contribution in [-0.2, 0) is 0 Å². The molecule has 1 aliphatic rings. The van der Waals surface area contributed by atoms with Crippen molar-refractivity contribution in [2.24, 2.45) is 0 Å². The van der Waals surface area contributed by atoms with Crippen LogP contribution in [0.3, 0.4) is 0 Å². The van der Waals surface area contributed by atoms with Crippen molar-refractivity contribution in [1.82, 2.24) is 4.57 Å². The Hall–Kier alpha value is -8.14. The van der Waals surface area contributed by atoms with Gasteiger partial charge in [-0.3, -0.25) is 0 Å². The summed E-state index contributed by atoms with van der Waals surface area (Å²) >= 11 is 0. The summed E-state index contributed by atoms with van der Waals surface area (Å²) in [6, 6.07) is 79.4. The number of hydrogen-bond donors (Lipinski definition) is 0. The number of fused-ring (bicyclic) bond motifs is 9. The van der Waals surface area contributed by atoms with Crippen LogP contribution in [0.15, 0.2) is 223 Å². The van der Waals surface area contributed by atoms with E-state index in [1.165, 1.54) is 71.5 Å². The van der Waals surface area contributed by atoms with E-state index in [0.29, 0.717) is 0 Å². The third-order valence-corrected chi connectivity index (χ3v) is 12.7. The van der Waals surface area contributed by atoms with Crippen molar-refractivity contribution in [1.29, 1.82) is 0 Å². The fourth-order valence-electron chi connectivity index (χ4n) is 10.0. The number of aromatic nitrogens is 1. The summed E-state index contributed by atoms with van der Waals surface area (Å²) < 4.78 is 8.71. The maximum absolute atomic E-state index is 6.31. The number of para-hydroxylation sites is 3. The summed E-state index contributed by atoms with van der Waals surface area (Å²) in [6.07, 6.45) is 0. The van der Waals surface area contributed by atoms with E-state index in [4.69, 9.17) is 4.42 Å². The minimum atomic E-state index is 0.883. The zero-order chi connectivity index (χ0) is 40.0. The minimum absolute atomic E-state index is 0.883. The Balaban J connectivity index is 0.984. The van der Waals surface area contributed by atoms with Crippen LogP contribution in [-0.4, -0.2) is 4.57 Å². The van der Waals surface area contributed by atoms with E-state index in [1.807, 2.05) is 12.1 Å². The number of rotatable bonds is 6. The van der Waals surface area contributed by atoms with Crippen LogP contribution in [0.5, 0.6) is 0 Å². The molecule has 10 aromatic carbocycles. The topological polar surface area (TPSA) is 21.3 Å². The molecule has 2 aromatic heterocycles. The molecule has 13 rings (SSSR count). The average Bonchev–Trinajstić information content (AvgIpc) is 3.98. The highest BCUT2D eigenvalue weighted by Crippen LogP contribution is 2.50. The SMILES string of the molecule is c1ccc(-c2cc(-n3c4ccccc4c4ccccc43)ccc2-c2ccc(N(c3cc4c5c(cccc5c3)-c3ccccc3-4)c3ccc4oc5ccccc5c4c3)cc2)cc1. The Bertz CT molecular complexity index is 3650. The lowest BCUT2D eigenvalue weighted by Crippen LogP contribution is -2.10. The van der Waals surface area contributed by atoms with Crippen LogP contribution in [0, 0.1) is 0 Å². The lowest BCUT2D eigenvalue weighted by Gasteiger charge is -2.27. The molecular weight excluding hydrogens is 741 g/mol. The first kappa shape index (κ1) is 33.8. The fraction of sp³-hybridized carbons (Fsp3) is 0. The number of anilines is 3. The summed E-state index contributed by atoms with van der Waals surface area (Å²) in [4.78, 5) is 2.40. The van der Waals surface area contributed by atoms with Gasteiger partial charge in [-0.15, -0.1) is 0 Å². The number of nitrogens with zero attached hydrogens (tertiary/aromatic N) is 2. The van der Waals surface area contributed by atoms with Gasteiger partial charge in [0, 0.05) is 44.3 Å². The van der Waals surface area contributed by atoms with Crippen LogP contribution >= 0.6 is 0 Å². The highest BCUT2D eigenvalue weighted by molar-refractivity contribution is 6.17. The molecule has 3 nitrogen and oxygen atoms in total. The summed E-state index contributed by atoms with van der Waals surface area (Å²) in [5.74, 6) is 0. The van der Waals surface area contributed by atoms with E-state index < -0.39 is 0 Å². The molecule has 0 amide bonds. The van der Waals surface area contributed by atoms with E-state index in [-0.39, 0.29) is 0 Å². The van der Waals surface area contributed by atoms with Gasteiger partial charge in [-0.2, -0.15) is 0 Å². The molecule has 0 unspecified atom stereocenters. The lowest BCUT2D eigenvalue weighted by atomic mass is 9.93. The van der Waals surface area contributed by atoms with Gasteiger partial charge in [-0.25, -0.2) is 0 Å². The highest BCUT2D eigenvalue weighted by atomic mass is 16.3. The molecule has 0 radical (unpaired) electrons. The normalized spacial score (nSPS) is 11.9. The van der Waals surface area contributed by atoms with Gasteiger partial charge in [0.2, 0.25) is 0 Å². The molecule has 0 fully saturated rings. The second-order valence-corrected chi connectivity index (χ2v) is 16.1. The van der Waals surface area contributed by atoms with Crippen LogP contribution < -0.4 is 4.90 Å². The second kappa shape index (κ2) is 13.2. The maximum Gasteiger partial charge on any atom is 0.135 e. The smallest absolute Gasteiger partial charge is 0.135 e. The molecule has 0 saturated heterocycles. The largest absolute Gasteiger partial charge is 0.456 e. The van der Waals surface area contributed by atoms with Crippen LogP contribution in [0.4, 0.5) is 17.1 Å². The summed E-state index contributed by atoms with van der Waals surface area (Å²) in [5.41, 5.74) is 18.4. The van der Waals surface area contributed by atoms with Crippen molar-refractivity contribution >= 4 is 71.6 Å². The summed E-state index contributed by atoms with van der Waals surface area (Å²) in [6.45, 7) is 0. The van der Waals surface area contributed by atoms with Crippen LogP contribution in [0.25, 0.3) is 105 Å². The summed E-state index contributed by atoms with van der Waals surface area (Å²) in [7, 11) is 0. The van der Waals surface area contributed by atoms with Gasteiger partial charge in [0.15, 0.2) is 0 Å². The number of hydrogen-bond acceptors (Lipinski definition) is 2. The van der Waals surface area contributed by atoms with E-state index in [2.05, 4.69) is 216 Å². The minimum Gasteiger partial charge on any atom is -0.456 e. The molecule has 12 aromatic rings. The standard InChI is InChI=1S/C58H36N2O/c1-2-13-37(14-3-1)51-34-42(60-54-22-9-6-18-47(54)48-19-7-10-23-55(48)60)29-31-44(51)38-25-27-40(28-26-38)59(41-30-32-57-52(35-41)49-20-8-11-24-56(49)61-57)43-33-39-15-12-21-50-45-16-4-5-17-46(45)53(36-43)58(39)50/h1-36H. The molecular formula is C58H36N2O. The Morgan fingerprint density at radius 1 is 0.328 bits per heavy atom. The van der Waals surface area contributed by atoms with Crippen molar-refractivity contribution in [3.05, 3.63) is 218 Å². The highest BCUT2D eigenvalue weighted by Gasteiger charge is 2.24. The number of furan rings is 1. The van der Waals surface area contributed by atoms with E-state index >= 15 is 0 Å². The Labute approximate surface area is 352 Å².